The Kier molecular flexibility index (Phi) is 9.18. The highest BCUT2D eigenvalue weighted by molar-refractivity contribution is 5.07. The van der Waals surface area contributed by atoms with Crippen molar-refractivity contribution in [2.75, 3.05) is 53.6 Å². The summed E-state index contributed by atoms with van der Waals surface area (Å²) in [6, 6.07) is 4.04. The lowest BCUT2D eigenvalue weighted by Gasteiger charge is -2.21. The Labute approximate surface area is 115 Å². The summed E-state index contributed by atoms with van der Waals surface area (Å²) < 4.78 is 10.2. The molecule has 1 heterocycles. The topological polar surface area (TPSA) is 46.6 Å². The summed E-state index contributed by atoms with van der Waals surface area (Å²) in [4.78, 5) is 6.43. The van der Waals surface area contributed by atoms with Crippen LogP contribution in [0.15, 0.2) is 24.5 Å². The van der Waals surface area contributed by atoms with Gasteiger partial charge in [-0.2, -0.15) is 0 Å². The van der Waals surface area contributed by atoms with E-state index in [-0.39, 0.29) is 0 Å². The number of ether oxygens (including phenoxy) is 2. The van der Waals surface area contributed by atoms with Gasteiger partial charge in [0.15, 0.2) is 0 Å². The highest BCUT2D eigenvalue weighted by Crippen LogP contribution is 1.94. The van der Waals surface area contributed by atoms with Crippen LogP contribution in [0.1, 0.15) is 5.56 Å². The predicted molar refractivity (Wildman–Crippen MR) is 76.1 cm³/mol. The summed E-state index contributed by atoms with van der Waals surface area (Å²) in [5.74, 6) is 0. The monoisotopic (exact) mass is 267 g/mol. The number of nitrogens with zero attached hydrogens (tertiary/aromatic N) is 2. The lowest BCUT2D eigenvalue weighted by Crippen LogP contribution is -2.36. The van der Waals surface area contributed by atoms with Gasteiger partial charge in [-0.05, 0) is 11.6 Å². The lowest BCUT2D eigenvalue weighted by molar-refractivity contribution is 0.114. The van der Waals surface area contributed by atoms with Crippen molar-refractivity contribution in [2.24, 2.45) is 0 Å². The van der Waals surface area contributed by atoms with E-state index in [9.17, 15) is 0 Å². The van der Waals surface area contributed by atoms with E-state index in [1.54, 1.807) is 20.4 Å². The van der Waals surface area contributed by atoms with Crippen molar-refractivity contribution in [1.82, 2.24) is 15.2 Å². The van der Waals surface area contributed by atoms with Gasteiger partial charge in [0.25, 0.3) is 0 Å². The fourth-order valence-corrected chi connectivity index (χ4v) is 1.75. The second-order valence-corrected chi connectivity index (χ2v) is 4.37. The van der Waals surface area contributed by atoms with Crippen molar-refractivity contribution >= 4 is 0 Å². The molecule has 0 saturated carbocycles. The first-order chi connectivity index (χ1) is 9.36. The molecule has 19 heavy (non-hydrogen) atoms. The molecule has 0 unspecified atom stereocenters. The predicted octanol–water partition coefficient (Wildman–Crippen LogP) is 0.766. The molecule has 5 nitrogen and oxygen atoms in total. The average molecular weight is 267 g/mol. The number of methoxy groups -OCH3 is 2. The van der Waals surface area contributed by atoms with Gasteiger partial charge in [0.2, 0.25) is 0 Å². The fraction of sp³-hybridized carbons (Fsp3) is 0.643. The molecule has 1 N–H and O–H groups in total. The van der Waals surface area contributed by atoms with Crippen molar-refractivity contribution in [1.29, 1.82) is 0 Å². The lowest BCUT2D eigenvalue weighted by atomic mass is 10.3. The Morgan fingerprint density at radius 1 is 1.16 bits per heavy atom. The summed E-state index contributed by atoms with van der Waals surface area (Å²) in [6.45, 7) is 6.19. The van der Waals surface area contributed by atoms with Crippen molar-refractivity contribution in [2.45, 2.75) is 6.54 Å². The summed E-state index contributed by atoms with van der Waals surface area (Å²) in [5.41, 5.74) is 1.21. The van der Waals surface area contributed by atoms with Crippen molar-refractivity contribution in [3.63, 3.8) is 0 Å². The number of pyridine rings is 1. The highest BCUT2D eigenvalue weighted by Gasteiger charge is 2.03. The van der Waals surface area contributed by atoms with Gasteiger partial charge in [0.1, 0.15) is 0 Å². The number of hydrogen-bond acceptors (Lipinski definition) is 5. The van der Waals surface area contributed by atoms with Crippen LogP contribution in [0.25, 0.3) is 0 Å². The molecular weight excluding hydrogens is 242 g/mol. The van der Waals surface area contributed by atoms with Gasteiger partial charge in [-0.3, -0.25) is 9.88 Å². The molecule has 0 saturated heterocycles. The smallest absolute Gasteiger partial charge is 0.0589 e. The molecule has 0 fully saturated rings. The van der Waals surface area contributed by atoms with E-state index < -0.39 is 0 Å². The number of nitrogens with one attached hydrogen (secondary N) is 1. The Balaban J connectivity index is 2.16. The second kappa shape index (κ2) is 10.9. The third-order valence-electron chi connectivity index (χ3n) is 2.88. The molecule has 0 aliphatic rings. The summed E-state index contributed by atoms with van der Waals surface area (Å²) in [5, 5.41) is 3.42. The molecule has 0 aromatic carbocycles. The van der Waals surface area contributed by atoms with Crippen LogP contribution in [-0.4, -0.2) is 63.5 Å². The molecule has 0 aliphatic heterocycles. The van der Waals surface area contributed by atoms with E-state index in [1.807, 2.05) is 12.3 Å². The van der Waals surface area contributed by atoms with Gasteiger partial charge in [0, 0.05) is 59.3 Å². The van der Waals surface area contributed by atoms with Crippen molar-refractivity contribution < 1.29 is 9.47 Å². The number of rotatable bonds is 11. The molecular formula is C14H25N3O2. The summed E-state index contributed by atoms with van der Waals surface area (Å²) in [7, 11) is 3.46. The summed E-state index contributed by atoms with van der Waals surface area (Å²) in [6.07, 6.45) is 3.68. The number of aromatic nitrogens is 1. The van der Waals surface area contributed by atoms with E-state index in [0.717, 1.165) is 45.9 Å². The van der Waals surface area contributed by atoms with Crippen LogP contribution in [0.2, 0.25) is 0 Å². The van der Waals surface area contributed by atoms with Gasteiger partial charge in [-0.1, -0.05) is 6.07 Å². The van der Waals surface area contributed by atoms with Crippen LogP contribution in [0.5, 0.6) is 0 Å². The first-order valence-corrected chi connectivity index (χ1v) is 6.66. The zero-order valence-corrected chi connectivity index (χ0v) is 12.0. The molecule has 1 rings (SSSR count). The van der Waals surface area contributed by atoms with Crippen LogP contribution >= 0.6 is 0 Å². The van der Waals surface area contributed by atoms with Gasteiger partial charge in [-0.15, -0.1) is 0 Å². The Morgan fingerprint density at radius 3 is 2.47 bits per heavy atom. The van der Waals surface area contributed by atoms with E-state index >= 15 is 0 Å². The van der Waals surface area contributed by atoms with Gasteiger partial charge >= 0.3 is 0 Å². The Hall–Kier alpha value is -1.01. The van der Waals surface area contributed by atoms with E-state index in [0.29, 0.717) is 0 Å². The highest BCUT2D eigenvalue weighted by atomic mass is 16.5. The van der Waals surface area contributed by atoms with Crippen LogP contribution in [0.3, 0.4) is 0 Å². The van der Waals surface area contributed by atoms with E-state index in [1.165, 1.54) is 5.56 Å². The molecule has 0 bridgehead atoms. The molecule has 0 aliphatic carbocycles. The largest absolute Gasteiger partial charge is 0.383 e. The van der Waals surface area contributed by atoms with E-state index in [4.69, 9.17) is 9.47 Å². The minimum Gasteiger partial charge on any atom is -0.383 e. The minimum absolute atomic E-state index is 0.756. The Bertz CT molecular complexity index is 301. The quantitative estimate of drug-likeness (QED) is 0.600. The van der Waals surface area contributed by atoms with Crippen LogP contribution in [0, 0.1) is 0 Å². The maximum absolute atomic E-state index is 5.12. The maximum atomic E-state index is 5.12. The SMILES string of the molecule is COCCN(CCNCc1cccnc1)CCOC. The minimum atomic E-state index is 0.756. The van der Waals surface area contributed by atoms with Crippen LogP contribution < -0.4 is 5.32 Å². The second-order valence-electron chi connectivity index (χ2n) is 4.37. The standard InChI is InChI=1S/C14H25N3O2/c1-18-10-8-17(9-11-19-2)7-6-16-13-14-4-3-5-15-12-14/h3-5,12,16H,6-11,13H2,1-2H3. The molecule has 1 aromatic rings. The molecule has 1 aromatic heterocycles. The van der Waals surface area contributed by atoms with Gasteiger partial charge < -0.3 is 14.8 Å². The zero-order chi connectivity index (χ0) is 13.8. The zero-order valence-electron chi connectivity index (χ0n) is 12.0. The normalized spacial score (nSPS) is 11.1. The third kappa shape index (κ3) is 7.89. The molecule has 0 spiro atoms. The van der Waals surface area contributed by atoms with Crippen LogP contribution in [0.4, 0.5) is 0 Å². The third-order valence-corrected chi connectivity index (χ3v) is 2.88. The molecule has 5 heteroatoms. The Morgan fingerprint density at radius 2 is 1.89 bits per heavy atom. The van der Waals surface area contributed by atoms with Crippen molar-refractivity contribution in [3.05, 3.63) is 30.1 Å². The first-order valence-electron chi connectivity index (χ1n) is 6.66. The van der Waals surface area contributed by atoms with Gasteiger partial charge in [-0.25, -0.2) is 0 Å². The average Bonchev–Trinajstić information content (AvgIpc) is 2.46. The van der Waals surface area contributed by atoms with E-state index in [2.05, 4.69) is 21.3 Å². The van der Waals surface area contributed by atoms with Gasteiger partial charge in [0.05, 0.1) is 13.2 Å². The molecule has 0 amide bonds. The molecule has 0 radical (unpaired) electrons. The molecule has 108 valence electrons. The first kappa shape index (κ1) is 16.0. The number of hydrogen-bond donors (Lipinski definition) is 1. The fourth-order valence-electron chi connectivity index (χ4n) is 1.75. The van der Waals surface area contributed by atoms with Crippen LogP contribution in [-0.2, 0) is 16.0 Å². The molecule has 0 atom stereocenters. The maximum Gasteiger partial charge on any atom is 0.0589 e. The summed E-state index contributed by atoms with van der Waals surface area (Å²) >= 11 is 0. The van der Waals surface area contributed by atoms with Crippen molar-refractivity contribution in [3.8, 4) is 0 Å².